The maximum Gasteiger partial charge on any atom is 0.238 e. The molecule has 224 valence electrons. The SMILES string of the molecule is c1ccc(-c2nc(-c3ccccc3)nc(-n3c4ccc5cccnc5c4c4ccc5c6ccccc6n(-c6ccccc6)c5c43)n2)cc1. The van der Waals surface area contributed by atoms with Crippen LogP contribution >= 0.6 is 0 Å². The van der Waals surface area contributed by atoms with Gasteiger partial charge in [0.05, 0.1) is 27.6 Å². The minimum atomic E-state index is 0.551. The number of pyridine rings is 1. The fourth-order valence-electron chi connectivity index (χ4n) is 7.13. The van der Waals surface area contributed by atoms with E-state index in [1.54, 1.807) is 0 Å². The molecule has 0 aliphatic heterocycles. The highest BCUT2D eigenvalue weighted by Gasteiger charge is 2.24. The molecular formula is C42H26N6. The summed E-state index contributed by atoms with van der Waals surface area (Å²) >= 11 is 0. The minimum absolute atomic E-state index is 0.551. The van der Waals surface area contributed by atoms with Crippen LogP contribution in [0, 0.1) is 0 Å². The topological polar surface area (TPSA) is 61.4 Å². The van der Waals surface area contributed by atoms with Gasteiger partial charge in [-0.3, -0.25) is 9.55 Å². The molecule has 6 aromatic carbocycles. The number of benzene rings is 6. The van der Waals surface area contributed by atoms with E-state index in [9.17, 15) is 0 Å². The van der Waals surface area contributed by atoms with Crippen LogP contribution in [-0.4, -0.2) is 29.1 Å². The van der Waals surface area contributed by atoms with Gasteiger partial charge in [-0.15, -0.1) is 0 Å². The zero-order chi connectivity index (χ0) is 31.6. The van der Waals surface area contributed by atoms with Gasteiger partial charge in [0.15, 0.2) is 11.6 Å². The molecule has 0 fully saturated rings. The number of rotatable bonds is 4. The summed E-state index contributed by atoms with van der Waals surface area (Å²) in [5, 5.41) is 5.58. The second-order valence-electron chi connectivity index (χ2n) is 11.9. The van der Waals surface area contributed by atoms with E-state index in [1.165, 1.54) is 5.39 Å². The number of hydrogen-bond donors (Lipinski definition) is 0. The summed E-state index contributed by atoms with van der Waals surface area (Å²) in [6.45, 7) is 0. The van der Waals surface area contributed by atoms with Crippen LogP contribution in [-0.2, 0) is 0 Å². The maximum atomic E-state index is 5.23. The Bertz CT molecular complexity index is 2760. The molecule has 48 heavy (non-hydrogen) atoms. The Morgan fingerprint density at radius 3 is 1.77 bits per heavy atom. The number of aromatic nitrogens is 6. The van der Waals surface area contributed by atoms with Crippen LogP contribution in [0.3, 0.4) is 0 Å². The van der Waals surface area contributed by atoms with Crippen LogP contribution < -0.4 is 0 Å². The maximum absolute atomic E-state index is 5.23. The molecule has 0 N–H and O–H groups in total. The summed E-state index contributed by atoms with van der Waals surface area (Å²) in [6.07, 6.45) is 1.87. The number of fused-ring (bicyclic) bond motifs is 9. The van der Waals surface area contributed by atoms with E-state index in [-0.39, 0.29) is 0 Å². The first-order chi connectivity index (χ1) is 23.8. The molecule has 0 amide bonds. The molecule has 0 radical (unpaired) electrons. The molecule has 0 atom stereocenters. The first kappa shape index (κ1) is 26.5. The van der Waals surface area contributed by atoms with Gasteiger partial charge in [-0.05, 0) is 30.3 Å². The molecule has 6 nitrogen and oxygen atoms in total. The average Bonchev–Trinajstić information content (AvgIpc) is 3.69. The largest absolute Gasteiger partial charge is 0.307 e. The van der Waals surface area contributed by atoms with Gasteiger partial charge in [0.2, 0.25) is 5.95 Å². The second kappa shape index (κ2) is 10.4. The summed E-state index contributed by atoms with van der Waals surface area (Å²) in [7, 11) is 0. The van der Waals surface area contributed by atoms with Gasteiger partial charge in [0.25, 0.3) is 0 Å². The van der Waals surface area contributed by atoms with E-state index in [4.69, 9.17) is 19.9 Å². The zero-order valence-corrected chi connectivity index (χ0v) is 25.7. The minimum Gasteiger partial charge on any atom is -0.307 e. The molecule has 10 rings (SSSR count). The van der Waals surface area contributed by atoms with Crippen LogP contribution in [0.15, 0.2) is 158 Å². The van der Waals surface area contributed by atoms with E-state index < -0.39 is 0 Å². The third-order valence-corrected chi connectivity index (χ3v) is 9.20. The van der Waals surface area contributed by atoms with E-state index in [0.717, 1.165) is 65.9 Å². The van der Waals surface area contributed by atoms with Gasteiger partial charge in [-0.2, -0.15) is 9.97 Å². The average molecular weight is 615 g/mol. The monoisotopic (exact) mass is 614 g/mol. The number of nitrogens with zero attached hydrogens (tertiary/aromatic N) is 6. The Morgan fingerprint density at radius 1 is 0.417 bits per heavy atom. The van der Waals surface area contributed by atoms with Crippen molar-refractivity contribution < 1.29 is 0 Å². The first-order valence-corrected chi connectivity index (χ1v) is 16.0. The Balaban J connectivity index is 1.44. The van der Waals surface area contributed by atoms with Crippen molar-refractivity contribution >= 4 is 54.5 Å². The van der Waals surface area contributed by atoms with Crippen molar-refractivity contribution in [3.8, 4) is 34.4 Å². The van der Waals surface area contributed by atoms with Crippen LogP contribution in [0.4, 0.5) is 0 Å². The van der Waals surface area contributed by atoms with Crippen molar-refractivity contribution in [3.05, 3.63) is 158 Å². The fourth-order valence-corrected chi connectivity index (χ4v) is 7.13. The highest BCUT2D eigenvalue weighted by atomic mass is 15.2. The lowest BCUT2D eigenvalue weighted by atomic mass is 10.1. The molecule has 0 saturated heterocycles. The lowest BCUT2D eigenvalue weighted by molar-refractivity contribution is 0.953. The zero-order valence-electron chi connectivity index (χ0n) is 25.7. The van der Waals surface area contributed by atoms with Gasteiger partial charge in [0.1, 0.15) is 0 Å². The molecule has 0 aliphatic carbocycles. The molecule has 0 aliphatic rings. The summed E-state index contributed by atoms with van der Waals surface area (Å²) in [5.74, 6) is 1.78. The Kier molecular flexibility index (Phi) is 5.77. The smallest absolute Gasteiger partial charge is 0.238 e. The van der Waals surface area contributed by atoms with E-state index in [1.807, 2.05) is 72.9 Å². The van der Waals surface area contributed by atoms with Crippen molar-refractivity contribution in [2.24, 2.45) is 0 Å². The molecule has 0 unspecified atom stereocenters. The lowest BCUT2D eigenvalue weighted by Crippen LogP contribution is -2.07. The van der Waals surface area contributed by atoms with Crippen LogP contribution in [0.5, 0.6) is 0 Å². The summed E-state index contributed by atoms with van der Waals surface area (Å²) < 4.78 is 4.59. The van der Waals surface area contributed by atoms with Crippen molar-refractivity contribution in [2.75, 3.05) is 0 Å². The molecule has 10 aromatic rings. The first-order valence-electron chi connectivity index (χ1n) is 16.0. The molecule has 6 heteroatoms. The third kappa shape index (κ3) is 3.93. The quantitative estimate of drug-likeness (QED) is 0.198. The number of hydrogen-bond acceptors (Lipinski definition) is 4. The lowest BCUT2D eigenvalue weighted by Gasteiger charge is -2.13. The predicted octanol–water partition coefficient (Wildman–Crippen LogP) is 9.95. The van der Waals surface area contributed by atoms with E-state index >= 15 is 0 Å². The molecule has 0 bridgehead atoms. The fraction of sp³-hybridized carbons (Fsp3) is 0. The van der Waals surface area contributed by atoms with Gasteiger partial charge in [-0.25, -0.2) is 4.98 Å². The molecule has 0 saturated carbocycles. The van der Waals surface area contributed by atoms with Crippen molar-refractivity contribution in [3.63, 3.8) is 0 Å². The highest BCUT2D eigenvalue weighted by Crippen LogP contribution is 2.43. The summed E-state index contributed by atoms with van der Waals surface area (Å²) in [4.78, 5) is 20.4. The van der Waals surface area contributed by atoms with E-state index in [0.29, 0.717) is 17.6 Å². The van der Waals surface area contributed by atoms with Gasteiger partial charge in [-0.1, -0.05) is 121 Å². The molecule has 0 spiro atoms. The second-order valence-corrected chi connectivity index (χ2v) is 11.9. The molecule has 4 heterocycles. The predicted molar refractivity (Wildman–Crippen MR) is 195 cm³/mol. The molecule has 4 aromatic heterocycles. The Morgan fingerprint density at radius 2 is 1.04 bits per heavy atom. The Labute approximate surface area is 275 Å². The van der Waals surface area contributed by atoms with Crippen molar-refractivity contribution in [1.29, 1.82) is 0 Å². The summed E-state index contributed by atoms with van der Waals surface area (Å²) in [5.41, 5.74) is 8.11. The van der Waals surface area contributed by atoms with E-state index in [2.05, 4.69) is 94.1 Å². The van der Waals surface area contributed by atoms with Gasteiger partial charge in [0, 0.05) is 49.9 Å². The highest BCUT2D eigenvalue weighted by molar-refractivity contribution is 6.27. The van der Waals surface area contributed by atoms with Gasteiger partial charge >= 0.3 is 0 Å². The van der Waals surface area contributed by atoms with Gasteiger partial charge < -0.3 is 4.57 Å². The summed E-state index contributed by atoms with van der Waals surface area (Å²) in [6, 6.07) is 52.4. The molecular weight excluding hydrogens is 589 g/mol. The third-order valence-electron chi connectivity index (χ3n) is 9.20. The van der Waals surface area contributed by atoms with Crippen molar-refractivity contribution in [2.45, 2.75) is 0 Å². The standard InChI is InChI=1S/C42H26N6/c1-4-13-28(14-5-1)40-44-41(29-15-6-2-7-16-29)46-42(45-40)48-35-25-22-27-17-12-26-43-37(27)36(35)33-24-23-32-31-20-10-11-21-34(31)47(38(32)39(33)48)30-18-8-3-9-19-30/h1-26H. The van der Waals surface area contributed by atoms with Crippen LogP contribution in [0.1, 0.15) is 0 Å². The normalized spacial score (nSPS) is 11.8. The Hall–Kier alpha value is -6.66. The van der Waals surface area contributed by atoms with Crippen molar-refractivity contribution in [1.82, 2.24) is 29.1 Å². The van der Waals surface area contributed by atoms with Crippen LogP contribution in [0.25, 0.3) is 88.9 Å². The van der Waals surface area contributed by atoms with Crippen LogP contribution in [0.2, 0.25) is 0 Å². The number of para-hydroxylation sites is 2.